The van der Waals surface area contributed by atoms with Crippen molar-refractivity contribution in [2.45, 2.75) is 25.4 Å². The first-order valence-corrected chi connectivity index (χ1v) is 12.2. The number of aromatic nitrogens is 3. The number of hydrogen-bond acceptors (Lipinski definition) is 6. The van der Waals surface area contributed by atoms with Crippen LogP contribution in [0.15, 0.2) is 59.4 Å². The van der Waals surface area contributed by atoms with Crippen LogP contribution in [0.2, 0.25) is 5.02 Å². The summed E-state index contributed by atoms with van der Waals surface area (Å²) < 4.78 is 45.3. The number of aromatic amines is 1. The van der Waals surface area contributed by atoms with Gasteiger partial charge in [-0.3, -0.25) is 14.7 Å². The molecule has 12 heteroatoms. The van der Waals surface area contributed by atoms with Crippen molar-refractivity contribution in [2.75, 3.05) is 23.3 Å². The van der Waals surface area contributed by atoms with E-state index < -0.39 is 28.5 Å². The Kier molecular flexibility index (Phi) is 6.94. The maximum absolute atomic E-state index is 13.9. The normalized spacial score (nSPS) is 13.9. The average Bonchev–Trinajstić information content (AvgIpc) is 3.62. The second-order valence-corrected chi connectivity index (χ2v) is 9.18. The lowest BCUT2D eigenvalue weighted by molar-refractivity contribution is -0.137. The van der Waals surface area contributed by atoms with E-state index in [0.29, 0.717) is 0 Å². The first-order chi connectivity index (χ1) is 18.2. The van der Waals surface area contributed by atoms with E-state index in [0.717, 1.165) is 50.2 Å². The number of nitrogens with zero attached hydrogens (tertiary/aromatic N) is 3. The second kappa shape index (κ2) is 10.3. The Labute approximate surface area is 219 Å². The molecular weight excluding hydrogens is 523 g/mol. The van der Waals surface area contributed by atoms with Gasteiger partial charge in [0.25, 0.3) is 5.91 Å². The number of piperidine rings is 1. The second-order valence-electron chi connectivity index (χ2n) is 8.78. The van der Waals surface area contributed by atoms with Crippen molar-refractivity contribution in [2.24, 2.45) is 0 Å². The lowest BCUT2D eigenvalue weighted by atomic mass is 9.97. The van der Waals surface area contributed by atoms with Gasteiger partial charge in [-0.05, 0) is 49.6 Å². The molecule has 3 heterocycles. The quantitative estimate of drug-likeness (QED) is 0.280. The van der Waals surface area contributed by atoms with Gasteiger partial charge < -0.3 is 14.7 Å². The first-order valence-electron chi connectivity index (χ1n) is 11.8. The molecule has 1 aliphatic rings. The van der Waals surface area contributed by atoms with Crippen LogP contribution in [0.5, 0.6) is 0 Å². The summed E-state index contributed by atoms with van der Waals surface area (Å²) in [4.78, 5) is 28.7. The van der Waals surface area contributed by atoms with Crippen molar-refractivity contribution in [3.63, 3.8) is 0 Å². The van der Waals surface area contributed by atoms with Gasteiger partial charge in [-0.25, -0.2) is 0 Å². The van der Waals surface area contributed by atoms with Crippen molar-refractivity contribution in [1.82, 2.24) is 15.4 Å². The van der Waals surface area contributed by atoms with Crippen LogP contribution in [-0.4, -0.2) is 40.1 Å². The standard InChI is InChI=1S/C26H21ClF3N5O3/c27-20-6-4-15(12-19(20)26(28,29)30)23-18(14-31-34-23)24(36)17-13-16(35-10-2-1-3-11-35)5-7-21(17)33-25(37)22-8-9-32-38-22/h4-9,12-14H,1-3,10-11H2,(H,31,34)(H,33,37). The lowest BCUT2D eigenvalue weighted by Crippen LogP contribution is -2.29. The van der Waals surface area contributed by atoms with Crippen LogP contribution in [0, 0.1) is 0 Å². The topological polar surface area (TPSA) is 104 Å². The third-order valence-electron chi connectivity index (χ3n) is 6.31. The summed E-state index contributed by atoms with van der Waals surface area (Å²) in [6, 6.07) is 9.81. The molecular formula is C26H21ClF3N5O3. The zero-order valence-corrected chi connectivity index (χ0v) is 20.6. The molecule has 2 aromatic heterocycles. The van der Waals surface area contributed by atoms with Crippen molar-refractivity contribution in [3.05, 3.63) is 82.3 Å². The van der Waals surface area contributed by atoms with Gasteiger partial charge in [0.2, 0.25) is 5.76 Å². The summed E-state index contributed by atoms with van der Waals surface area (Å²) in [6.45, 7) is 1.64. The molecule has 0 unspecified atom stereocenters. The highest BCUT2D eigenvalue weighted by Gasteiger charge is 2.34. The van der Waals surface area contributed by atoms with Gasteiger partial charge in [-0.1, -0.05) is 22.8 Å². The van der Waals surface area contributed by atoms with E-state index in [1.165, 1.54) is 24.5 Å². The molecule has 1 fully saturated rings. The molecule has 1 saturated heterocycles. The highest BCUT2D eigenvalue weighted by molar-refractivity contribution is 6.31. The molecule has 1 amide bonds. The minimum atomic E-state index is -4.69. The SMILES string of the molecule is O=C(Nc1ccc(N2CCCCC2)cc1C(=O)c1c[nH]nc1-c1ccc(Cl)c(C(F)(F)F)c1)c1ccno1. The molecule has 0 atom stereocenters. The van der Waals surface area contributed by atoms with Gasteiger partial charge in [0.15, 0.2) is 5.78 Å². The summed E-state index contributed by atoms with van der Waals surface area (Å²) in [5, 5.41) is 12.4. The fourth-order valence-corrected chi connectivity index (χ4v) is 4.64. The zero-order valence-electron chi connectivity index (χ0n) is 19.8. The van der Waals surface area contributed by atoms with E-state index in [4.69, 9.17) is 16.1 Å². The Morgan fingerprint density at radius 3 is 2.53 bits per heavy atom. The number of rotatable bonds is 6. The van der Waals surface area contributed by atoms with Gasteiger partial charge in [0.1, 0.15) is 5.69 Å². The van der Waals surface area contributed by atoms with Gasteiger partial charge >= 0.3 is 6.18 Å². The van der Waals surface area contributed by atoms with Gasteiger partial charge in [-0.2, -0.15) is 18.3 Å². The van der Waals surface area contributed by atoms with E-state index in [1.54, 1.807) is 12.1 Å². The Balaban J connectivity index is 1.56. The van der Waals surface area contributed by atoms with Gasteiger partial charge in [-0.15, -0.1) is 0 Å². The maximum atomic E-state index is 13.9. The summed E-state index contributed by atoms with van der Waals surface area (Å²) in [5.74, 6) is -1.19. The molecule has 0 radical (unpaired) electrons. The van der Waals surface area contributed by atoms with Crippen LogP contribution in [0.3, 0.4) is 0 Å². The monoisotopic (exact) mass is 543 g/mol. The van der Waals surface area contributed by atoms with Gasteiger partial charge in [0, 0.05) is 42.2 Å². The number of carbonyl (C=O) groups is 2. The summed E-state index contributed by atoms with van der Waals surface area (Å²) in [5.41, 5.74) is 0.224. The molecule has 0 saturated carbocycles. The lowest BCUT2D eigenvalue weighted by Gasteiger charge is -2.29. The first kappa shape index (κ1) is 25.5. The number of alkyl halides is 3. The number of H-pyrrole nitrogens is 1. The van der Waals surface area contributed by atoms with Crippen molar-refractivity contribution in [1.29, 1.82) is 0 Å². The van der Waals surface area contributed by atoms with Crippen LogP contribution in [0.25, 0.3) is 11.3 Å². The van der Waals surface area contributed by atoms with Crippen LogP contribution in [-0.2, 0) is 6.18 Å². The number of hydrogen-bond donors (Lipinski definition) is 2. The van der Waals surface area contributed by atoms with E-state index in [9.17, 15) is 22.8 Å². The molecule has 2 aromatic carbocycles. The van der Waals surface area contributed by atoms with E-state index in [2.05, 4.69) is 25.6 Å². The molecule has 38 heavy (non-hydrogen) atoms. The fraction of sp³-hybridized carbons (Fsp3) is 0.231. The Bertz CT molecular complexity index is 1480. The number of benzene rings is 2. The van der Waals surface area contributed by atoms with E-state index in [-0.39, 0.29) is 33.8 Å². The number of nitrogens with one attached hydrogen (secondary N) is 2. The number of amides is 1. The minimum absolute atomic E-state index is 0.0213. The molecule has 0 spiro atoms. The van der Waals surface area contributed by atoms with Crippen LogP contribution < -0.4 is 10.2 Å². The van der Waals surface area contributed by atoms with Crippen molar-refractivity contribution >= 4 is 34.7 Å². The highest BCUT2D eigenvalue weighted by atomic mass is 35.5. The third-order valence-corrected chi connectivity index (χ3v) is 6.64. The summed E-state index contributed by atoms with van der Waals surface area (Å²) >= 11 is 5.77. The molecule has 5 rings (SSSR count). The predicted octanol–water partition coefficient (Wildman–Crippen LogP) is 6.21. The van der Waals surface area contributed by atoms with Crippen molar-refractivity contribution < 1.29 is 27.3 Å². The summed E-state index contributed by atoms with van der Waals surface area (Å²) in [7, 11) is 0. The van der Waals surface area contributed by atoms with Crippen LogP contribution >= 0.6 is 11.6 Å². The number of anilines is 2. The van der Waals surface area contributed by atoms with Crippen LogP contribution in [0.4, 0.5) is 24.5 Å². The Morgan fingerprint density at radius 2 is 1.82 bits per heavy atom. The maximum Gasteiger partial charge on any atom is 0.417 e. The smallest absolute Gasteiger partial charge is 0.372 e. The molecule has 8 nitrogen and oxygen atoms in total. The zero-order chi connectivity index (χ0) is 26.9. The number of ketones is 1. The Hall–Kier alpha value is -4.12. The molecule has 196 valence electrons. The van der Waals surface area contributed by atoms with Crippen molar-refractivity contribution in [3.8, 4) is 11.3 Å². The molecule has 0 aliphatic carbocycles. The number of halogens is 4. The summed E-state index contributed by atoms with van der Waals surface area (Å²) in [6.07, 6.45) is 1.09. The fourth-order valence-electron chi connectivity index (χ4n) is 4.41. The predicted molar refractivity (Wildman–Crippen MR) is 134 cm³/mol. The van der Waals surface area contributed by atoms with E-state index >= 15 is 0 Å². The third kappa shape index (κ3) is 5.14. The van der Waals surface area contributed by atoms with Gasteiger partial charge in [0.05, 0.1) is 28.0 Å². The number of carbonyl (C=O) groups excluding carboxylic acids is 2. The van der Waals surface area contributed by atoms with Crippen LogP contribution in [0.1, 0.15) is 51.3 Å². The molecule has 2 N–H and O–H groups in total. The molecule has 4 aromatic rings. The Morgan fingerprint density at radius 1 is 1.03 bits per heavy atom. The van der Waals surface area contributed by atoms with E-state index in [1.807, 2.05) is 6.07 Å². The average molecular weight is 544 g/mol. The largest absolute Gasteiger partial charge is 0.417 e. The minimum Gasteiger partial charge on any atom is -0.372 e. The highest BCUT2D eigenvalue weighted by Crippen LogP contribution is 2.38. The molecule has 1 aliphatic heterocycles. The molecule has 0 bridgehead atoms.